The summed E-state index contributed by atoms with van der Waals surface area (Å²) in [4.78, 5) is 16.4. The standard InChI is InChI=1S/C26H35NO4/c1-3-4-5-6-7-8-9-10-11-12-26(29)31-23-17-14-22(15-18-23)27-20-21-13-16-24(30-2)19-25(21)28/h13-20,28H,3-12H2,1-2H3. The van der Waals surface area contributed by atoms with Crippen molar-refractivity contribution in [3.8, 4) is 17.2 Å². The monoisotopic (exact) mass is 425 g/mol. The summed E-state index contributed by atoms with van der Waals surface area (Å²) in [7, 11) is 1.55. The van der Waals surface area contributed by atoms with Gasteiger partial charge in [0.05, 0.1) is 12.8 Å². The van der Waals surface area contributed by atoms with E-state index in [1.807, 2.05) is 0 Å². The number of nitrogens with zero attached hydrogens (tertiary/aromatic N) is 1. The Hall–Kier alpha value is -2.82. The number of phenolic OH excluding ortho intramolecular Hbond substituents is 1. The van der Waals surface area contributed by atoms with Crippen molar-refractivity contribution in [2.75, 3.05) is 7.11 Å². The summed E-state index contributed by atoms with van der Waals surface area (Å²) in [6.45, 7) is 2.23. The molecule has 0 unspecified atom stereocenters. The first kappa shape index (κ1) is 24.4. The summed E-state index contributed by atoms with van der Waals surface area (Å²) in [5, 5.41) is 9.98. The van der Waals surface area contributed by atoms with Gasteiger partial charge in [-0.25, -0.2) is 0 Å². The molecule has 0 fully saturated rings. The van der Waals surface area contributed by atoms with Gasteiger partial charge in [0.15, 0.2) is 0 Å². The lowest BCUT2D eigenvalue weighted by molar-refractivity contribution is -0.134. The van der Waals surface area contributed by atoms with Crippen LogP contribution in [-0.4, -0.2) is 24.4 Å². The van der Waals surface area contributed by atoms with Gasteiger partial charge in [-0.3, -0.25) is 9.79 Å². The number of carbonyl (C=O) groups excluding carboxylic acids is 1. The molecule has 0 aliphatic carbocycles. The number of rotatable bonds is 14. The van der Waals surface area contributed by atoms with Crippen LogP contribution in [0.5, 0.6) is 17.2 Å². The third kappa shape index (κ3) is 9.69. The highest BCUT2D eigenvalue weighted by atomic mass is 16.5. The Kier molecular flexibility index (Phi) is 11.2. The maximum atomic E-state index is 12.0. The van der Waals surface area contributed by atoms with E-state index in [9.17, 15) is 9.90 Å². The van der Waals surface area contributed by atoms with Crippen molar-refractivity contribution >= 4 is 17.9 Å². The van der Waals surface area contributed by atoms with Crippen LogP contribution < -0.4 is 9.47 Å². The summed E-state index contributed by atoms with van der Waals surface area (Å²) in [5.74, 6) is 1.02. The number of aromatic hydroxyl groups is 1. The first-order chi connectivity index (χ1) is 15.1. The van der Waals surface area contributed by atoms with Crippen molar-refractivity contribution in [2.24, 2.45) is 4.99 Å². The van der Waals surface area contributed by atoms with Crippen LogP contribution >= 0.6 is 0 Å². The molecule has 0 aromatic heterocycles. The molecule has 2 aromatic rings. The first-order valence-corrected chi connectivity index (χ1v) is 11.3. The third-order valence-corrected chi connectivity index (χ3v) is 5.14. The van der Waals surface area contributed by atoms with E-state index in [0.29, 0.717) is 29.2 Å². The minimum absolute atomic E-state index is 0.102. The van der Waals surface area contributed by atoms with Gasteiger partial charge in [-0.1, -0.05) is 58.3 Å². The Bertz CT molecular complexity index is 815. The first-order valence-electron chi connectivity index (χ1n) is 11.3. The van der Waals surface area contributed by atoms with Gasteiger partial charge < -0.3 is 14.6 Å². The number of carbonyl (C=O) groups is 1. The number of ether oxygens (including phenoxy) is 2. The second-order valence-corrected chi connectivity index (χ2v) is 7.73. The number of benzene rings is 2. The largest absolute Gasteiger partial charge is 0.507 e. The lowest BCUT2D eigenvalue weighted by Gasteiger charge is -2.05. The molecule has 0 saturated heterocycles. The normalized spacial score (nSPS) is 11.0. The second kappa shape index (κ2) is 14.2. The van der Waals surface area contributed by atoms with Crippen LogP contribution in [0.15, 0.2) is 47.5 Å². The average molecular weight is 426 g/mol. The molecule has 0 radical (unpaired) electrons. The molecule has 0 bridgehead atoms. The van der Waals surface area contributed by atoms with Crippen molar-refractivity contribution in [1.82, 2.24) is 0 Å². The average Bonchev–Trinajstić information content (AvgIpc) is 2.78. The van der Waals surface area contributed by atoms with Crippen molar-refractivity contribution in [1.29, 1.82) is 0 Å². The SMILES string of the molecule is CCCCCCCCCCCC(=O)Oc1ccc(N=Cc2ccc(OC)cc2O)cc1. The van der Waals surface area contributed by atoms with Crippen molar-refractivity contribution < 1.29 is 19.4 Å². The Labute approximate surface area is 186 Å². The zero-order valence-electron chi connectivity index (χ0n) is 18.8. The summed E-state index contributed by atoms with van der Waals surface area (Å²) in [6.07, 6.45) is 13.0. The molecule has 0 spiro atoms. The number of hydrogen-bond acceptors (Lipinski definition) is 5. The Morgan fingerprint density at radius 2 is 1.52 bits per heavy atom. The van der Waals surface area contributed by atoms with E-state index < -0.39 is 0 Å². The molecule has 0 amide bonds. The van der Waals surface area contributed by atoms with Gasteiger partial charge >= 0.3 is 5.97 Å². The van der Waals surface area contributed by atoms with Gasteiger partial charge in [0, 0.05) is 24.3 Å². The smallest absolute Gasteiger partial charge is 0.311 e. The second-order valence-electron chi connectivity index (χ2n) is 7.73. The molecule has 2 aromatic carbocycles. The van der Waals surface area contributed by atoms with Gasteiger partial charge in [-0.15, -0.1) is 0 Å². The van der Waals surface area contributed by atoms with Crippen LogP contribution in [0.4, 0.5) is 5.69 Å². The third-order valence-electron chi connectivity index (χ3n) is 5.14. The highest BCUT2D eigenvalue weighted by molar-refractivity contribution is 5.85. The molecule has 0 aliphatic rings. The molecule has 1 N–H and O–H groups in total. The van der Waals surface area contributed by atoms with Crippen LogP contribution in [0.2, 0.25) is 0 Å². The van der Waals surface area contributed by atoms with Crippen LogP contribution in [0.1, 0.15) is 76.7 Å². The summed E-state index contributed by atoms with van der Waals surface area (Å²) in [5.41, 5.74) is 1.30. The van der Waals surface area contributed by atoms with E-state index in [-0.39, 0.29) is 11.7 Å². The zero-order valence-corrected chi connectivity index (χ0v) is 18.8. The fourth-order valence-corrected chi connectivity index (χ4v) is 3.27. The van der Waals surface area contributed by atoms with Crippen molar-refractivity contribution in [3.63, 3.8) is 0 Å². The molecule has 5 nitrogen and oxygen atoms in total. The molecular formula is C26H35NO4. The maximum absolute atomic E-state index is 12.0. The fourth-order valence-electron chi connectivity index (χ4n) is 3.27. The number of hydrogen-bond donors (Lipinski definition) is 1. The number of phenols is 1. The van der Waals surface area contributed by atoms with E-state index in [2.05, 4.69) is 11.9 Å². The van der Waals surface area contributed by atoms with Crippen molar-refractivity contribution in [3.05, 3.63) is 48.0 Å². The molecule has 0 atom stereocenters. The Morgan fingerprint density at radius 3 is 2.13 bits per heavy atom. The Balaban J connectivity index is 1.68. The molecule has 168 valence electrons. The predicted octanol–water partition coefficient (Wildman–Crippen LogP) is 6.98. The molecule has 0 aliphatic heterocycles. The minimum Gasteiger partial charge on any atom is -0.507 e. The van der Waals surface area contributed by atoms with E-state index in [1.165, 1.54) is 51.0 Å². The molecule has 31 heavy (non-hydrogen) atoms. The molecular weight excluding hydrogens is 390 g/mol. The Morgan fingerprint density at radius 1 is 0.903 bits per heavy atom. The summed E-state index contributed by atoms with van der Waals surface area (Å²) < 4.78 is 10.5. The fraction of sp³-hybridized carbons (Fsp3) is 0.462. The predicted molar refractivity (Wildman–Crippen MR) is 126 cm³/mol. The lowest BCUT2D eigenvalue weighted by atomic mass is 10.1. The van der Waals surface area contributed by atoms with Crippen LogP contribution in [0.25, 0.3) is 0 Å². The summed E-state index contributed by atoms with van der Waals surface area (Å²) >= 11 is 0. The summed E-state index contributed by atoms with van der Waals surface area (Å²) in [6, 6.07) is 12.1. The molecule has 0 saturated carbocycles. The number of methoxy groups -OCH3 is 1. The number of unbranched alkanes of at least 4 members (excludes halogenated alkanes) is 8. The highest BCUT2D eigenvalue weighted by Gasteiger charge is 2.05. The van der Waals surface area contributed by atoms with Gasteiger partial charge in [0.25, 0.3) is 0 Å². The van der Waals surface area contributed by atoms with Gasteiger partial charge in [-0.2, -0.15) is 0 Å². The molecule has 0 heterocycles. The number of aliphatic imine (C=N–C) groups is 1. The van der Waals surface area contributed by atoms with Gasteiger partial charge in [0.1, 0.15) is 17.2 Å². The molecule has 5 heteroatoms. The van der Waals surface area contributed by atoms with Crippen LogP contribution in [-0.2, 0) is 4.79 Å². The highest BCUT2D eigenvalue weighted by Crippen LogP contribution is 2.24. The van der Waals surface area contributed by atoms with Gasteiger partial charge in [0.2, 0.25) is 0 Å². The topological polar surface area (TPSA) is 68.1 Å². The van der Waals surface area contributed by atoms with E-state index >= 15 is 0 Å². The quantitative estimate of drug-likeness (QED) is 0.153. The van der Waals surface area contributed by atoms with Crippen LogP contribution in [0.3, 0.4) is 0 Å². The lowest BCUT2D eigenvalue weighted by Crippen LogP contribution is -2.07. The van der Waals surface area contributed by atoms with E-state index in [1.54, 1.807) is 49.7 Å². The van der Waals surface area contributed by atoms with Crippen LogP contribution in [0, 0.1) is 0 Å². The van der Waals surface area contributed by atoms with Gasteiger partial charge in [-0.05, 0) is 42.8 Å². The van der Waals surface area contributed by atoms with Crippen molar-refractivity contribution in [2.45, 2.75) is 71.1 Å². The maximum Gasteiger partial charge on any atom is 0.311 e. The minimum atomic E-state index is -0.192. The van der Waals surface area contributed by atoms with E-state index in [0.717, 1.165) is 12.8 Å². The molecule has 2 rings (SSSR count). The zero-order chi connectivity index (χ0) is 22.3. The number of esters is 1. The van der Waals surface area contributed by atoms with E-state index in [4.69, 9.17) is 9.47 Å².